The van der Waals surface area contributed by atoms with Crippen LogP contribution in [0.15, 0.2) is 41.3 Å². The maximum Gasteiger partial charge on any atom is 0.242 e. The highest BCUT2D eigenvalue weighted by Crippen LogP contribution is 2.27. The van der Waals surface area contributed by atoms with Crippen LogP contribution in [0.5, 0.6) is 11.5 Å². The Morgan fingerprint density at radius 3 is 2.33 bits per heavy atom. The van der Waals surface area contributed by atoms with Crippen LogP contribution >= 0.6 is 0 Å². The molecule has 0 aliphatic rings. The number of carbonyl (C=O) groups is 1. The lowest BCUT2D eigenvalue weighted by Gasteiger charge is -2.17. The van der Waals surface area contributed by atoms with Crippen LogP contribution in [-0.2, 0) is 21.4 Å². The van der Waals surface area contributed by atoms with Crippen LogP contribution in [-0.4, -0.2) is 53.0 Å². The van der Waals surface area contributed by atoms with Gasteiger partial charge in [0.25, 0.3) is 0 Å². The van der Waals surface area contributed by atoms with Gasteiger partial charge in [-0.3, -0.25) is 4.79 Å². The number of anilines is 1. The van der Waals surface area contributed by atoms with Gasteiger partial charge in [0, 0.05) is 26.3 Å². The molecule has 2 aromatic carbocycles. The van der Waals surface area contributed by atoms with Crippen molar-refractivity contribution >= 4 is 21.6 Å². The number of rotatable bonds is 9. The van der Waals surface area contributed by atoms with Crippen LogP contribution in [0.25, 0.3) is 0 Å². The first-order valence-corrected chi connectivity index (χ1v) is 10.8. The third-order valence-corrected chi connectivity index (χ3v) is 6.51. The zero-order chi connectivity index (χ0) is 22.5. The molecule has 0 fully saturated rings. The lowest BCUT2D eigenvalue weighted by Crippen LogP contribution is -2.37. The molecule has 0 aliphatic heterocycles. The molecule has 0 unspecified atom stereocenters. The molecule has 2 aromatic rings. The minimum Gasteiger partial charge on any atom is -0.493 e. The summed E-state index contributed by atoms with van der Waals surface area (Å²) in [4.78, 5) is 12.8. The van der Waals surface area contributed by atoms with Crippen molar-refractivity contribution < 1.29 is 22.7 Å². The smallest absolute Gasteiger partial charge is 0.242 e. The Labute approximate surface area is 178 Å². The summed E-state index contributed by atoms with van der Waals surface area (Å²) in [6.07, 6.45) is 0. The Kier molecular flexibility index (Phi) is 7.83. The normalized spacial score (nSPS) is 12.5. The molecule has 0 saturated carbocycles. The molecule has 1 atom stereocenters. The molecular formula is C21H29N3O5S. The summed E-state index contributed by atoms with van der Waals surface area (Å²) in [6.45, 7) is 4.00. The lowest BCUT2D eigenvalue weighted by molar-refractivity contribution is -0.117. The maximum absolute atomic E-state index is 12.6. The number of carbonyl (C=O) groups excluding carboxylic acids is 1. The number of nitrogens with zero attached hydrogens (tertiary/aromatic N) is 1. The van der Waals surface area contributed by atoms with Crippen molar-refractivity contribution in [2.75, 3.05) is 33.6 Å². The van der Waals surface area contributed by atoms with Crippen LogP contribution in [0.3, 0.4) is 0 Å². The van der Waals surface area contributed by atoms with E-state index in [2.05, 4.69) is 10.6 Å². The molecule has 164 valence electrons. The molecule has 1 amide bonds. The molecule has 0 saturated heterocycles. The van der Waals surface area contributed by atoms with Gasteiger partial charge < -0.3 is 20.1 Å². The van der Waals surface area contributed by atoms with Gasteiger partial charge in [-0.15, -0.1) is 0 Å². The average molecular weight is 436 g/mol. The fourth-order valence-electron chi connectivity index (χ4n) is 2.70. The molecule has 0 radical (unpaired) electrons. The number of amides is 1. The molecule has 2 N–H and O–H groups in total. The summed E-state index contributed by atoms with van der Waals surface area (Å²) < 4.78 is 36.4. The summed E-state index contributed by atoms with van der Waals surface area (Å²) in [7, 11) is 2.49. The topological polar surface area (TPSA) is 97.0 Å². The van der Waals surface area contributed by atoms with Crippen molar-refractivity contribution in [1.29, 1.82) is 0 Å². The highest BCUT2D eigenvalue weighted by molar-refractivity contribution is 7.89. The molecular weight excluding hydrogens is 406 g/mol. The number of hydrogen-bond donors (Lipinski definition) is 2. The molecule has 2 rings (SSSR count). The molecule has 0 aromatic heterocycles. The predicted octanol–water partition coefficient (Wildman–Crippen LogP) is 2.38. The van der Waals surface area contributed by atoms with Gasteiger partial charge >= 0.3 is 0 Å². The standard InChI is InChI=1S/C21H29N3O5S/c1-14-7-9-17(30(26,27)24(3)4)12-18(14)23-21(25)15(2)22-13-16-8-10-19(28-5)20(11-16)29-6/h7-12,15,22H,13H2,1-6H3,(H,23,25)/t15-/m1/s1. The van der Waals surface area contributed by atoms with E-state index >= 15 is 0 Å². The van der Waals surface area contributed by atoms with Gasteiger partial charge in [-0.2, -0.15) is 0 Å². The third-order valence-electron chi connectivity index (χ3n) is 4.70. The fourth-order valence-corrected chi connectivity index (χ4v) is 3.63. The summed E-state index contributed by atoms with van der Waals surface area (Å²) >= 11 is 0. The van der Waals surface area contributed by atoms with E-state index in [9.17, 15) is 13.2 Å². The van der Waals surface area contributed by atoms with Gasteiger partial charge in [-0.05, 0) is 49.2 Å². The number of nitrogens with one attached hydrogen (secondary N) is 2. The molecule has 0 spiro atoms. The first kappa shape index (κ1) is 23.7. The fraction of sp³-hybridized carbons (Fsp3) is 0.381. The van der Waals surface area contributed by atoms with E-state index in [0.717, 1.165) is 15.4 Å². The van der Waals surface area contributed by atoms with Crippen LogP contribution in [0.4, 0.5) is 5.69 Å². The van der Waals surface area contributed by atoms with Crippen molar-refractivity contribution in [2.45, 2.75) is 31.3 Å². The van der Waals surface area contributed by atoms with Gasteiger partial charge in [-0.1, -0.05) is 12.1 Å². The zero-order valence-corrected chi connectivity index (χ0v) is 19.0. The Morgan fingerprint density at radius 1 is 1.07 bits per heavy atom. The molecule has 0 aliphatic carbocycles. The number of ether oxygens (including phenoxy) is 2. The number of aryl methyl sites for hydroxylation is 1. The van der Waals surface area contributed by atoms with E-state index in [1.54, 1.807) is 33.3 Å². The second kappa shape index (κ2) is 9.92. The van der Waals surface area contributed by atoms with Crippen molar-refractivity contribution in [3.63, 3.8) is 0 Å². The molecule has 0 bridgehead atoms. The SMILES string of the molecule is COc1ccc(CN[C@H](C)C(=O)Nc2cc(S(=O)(=O)N(C)C)ccc2C)cc1OC. The zero-order valence-electron chi connectivity index (χ0n) is 18.1. The molecule has 9 heteroatoms. The van der Waals surface area contributed by atoms with E-state index in [-0.39, 0.29) is 10.8 Å². The summed E-state index contributed by atoms with van der Waals surface area (Å²) in [5, 5.41) is 5.96. The van der Waals surface area contributed by atoms with Gasteiger partial charge in [-0.25, -0.2) is 12.7 Å². The average Bonchev–Trinajstić information content (AvgIpc) is 2.72. The van der Waals surface area contributed by atoms with Crippen molar-refractivity contribution in [3.8, 4) is 11.5 Å². The Morgan fingerprint density at radius 2 is 1.73 bits per heavy atom. The van der Waals surface area contributed by atoms with Gasteiger partial charge in [0.15, 0.2) is 11.5 Å². The van der Waals surface area contributed by atoms with Crippen molar-refractivity contribution in [1.82, 2.24) is 9.62 Å². The summed E-state index contributed by atoms with van der Waals surface area (Å²) in [5.74, 6) is 0.983. The second-order valence-corrected chi connectivity index (χ2v) is 9.20. The van der Waals surface area contributed by atoms with Crippen LogP contribution < -0.4 is 20.1 Å². The maximum atomic E-state index is 12.6. The quantitative estimate of drug-likeness (QED) is 0.628. The predicted molar refractivity (Wildman–Crippen MR) is 117 cm³/mol. The van der Waals surface area contributed by atoms with Gasteiger partial charge in [0.05, 0.1) is 25.2 Å². The van der Waals surface area contributed by atoms with E-state index in [4.69, 9.17) is 9.47 Å². The van der Waals surface area contributed by atoms with Crippen LogP contribution in [0.1, 0.15) is 18.1 Å². The van der Waals surface area contributed by atoms with E-state index in [1.165, 1.54) is 26.2 Å². The summed E-state index contributed by atoms with van der Waals surface area (Å²) in [5.41, 5.74) is 2.17. The second-order valence-electron chi connectivity index (χ2n) is 7.05. The number of methoxy groups -OCH3 is 2. The number of hydrogen-bond acceptors (Lipinski definition) is 6. The first-order chi connectivity index (χ1) is 14.1. The van der Waals surface area contributed by atoms with Crippen LogP contribution in [0, 0.1) is 6.92 Å². The molecule has 30 heavy (non-hydrogen) atoms. The molecule has 8 nitrogen and oxygen atoms in total. The van der Waals surface area contributed by atoms with Crippen molar-refractivity contribution in [2.24, 2.45) is 0 Å². The van der Waals surface area contributed by atoms with Gasteiger partial charge in [0.2, 0.25) is 15.9 Å². The largest absolute Gasteiger partial charge is 0.493 e. The third kappa shape index (κ3) is 5.50. The number of sulfonamides is 1. The Balaban J connectivity index is 2.07. The van der Waals surface area contributed by atoms with Crippen LogP contribution in [0.2, 0.25) is 0 Å². The minimum atomic E-state index is -3.59. The van der Waals surface area contributed by atoms with Crippen molar-refractivity contribution in [3.05, 3.63) is 47.5 Å². The van der Waals surface area contributed by atoms with E-state index in [1.807, 2.05) is 19.1 Å². The Bertz CT molecular complexity index is 1010. The molecule has 0 heterocycles. The summed E-state index contributed by atoms with van der Waals surface area (Å²) in [6, 6.07) is 9.71. The van der Waals surface area contributed by atoms with E-state index < -0.39 is 16.1 Å². The Hall–Kier alpha value is -2.62. The number of benzene rings is 2. The minimum absolute atomic E-state index is 0.124. The van der Waals surface area contributed by atoms with Gasteiger partial charge in [0.1, 0.15) is 0 Å². The highest BCUT2D eigenvalue weighted by atomic mass is 32.2. The highest BCUT2D eigenvalue weighted by Gasteiger charge is 2.20. The lowest BCUT2D eigenvalue weighted by atomic mass is 10.1. The first-order valence-electron chi connectivity index (χ1n) is 9.38. The van der Waals surface area contributed by atoms with E-state index in [0.29, 0.717) is 23.7 Å². The monoisotopic (exact) mass is 435 g/mol.